The van der Waals surface area contributed by atoms with Gasteiger partial charge in [-0.25, -0.2) is 0 Å². The molecule has 1 aromatic carbocycles. The van der Waals surface area contributed by atoms with E-state index in [-0.39, 0.29) is 12.5 Å². The van der Waals surface area contributed by atoms with Crippen LogP contribution in [0.2, 0.25) is 0 Å². The van der Waals surface area contributed by atoms with Gasteiger partial charge >= 0.3 is 0 Å². The molecule has 0 aliphatic heterocycles. The fraction of sp³-hybridized carbons (Fsp3) is 0.471. The number of aliphatic hydroxyl groups is 1. The maximum Gasteiger partial charge on any atom is 0.254 e. The lowest BCUT2D eigenvalue weighted by molar-refractivity contribution is 0.0680. The Hall–Kier alpha value is -1.83. The van der Waals surface area contributed by atoms with Crippen molar-refractivity contribution < 1.29 is 14.6 Å². The number of benzene rings is 1. The second-order valence-corrected chi connectivity index (χ2v) is 5.21. The van der Waals surface area contributed by atoms with Gasteiger partial charge in [-0.2, -0.15) is 0 Å². The second-order valence-electron chi connectivity index (χ2n) is 5.21. The molecule has 0 aromatic heterocycles. The predicted octanol–water partition coefficient (Wildman–Crippen LogP) is 1.59. The van der Waals surface area contributed by atoms with Crippen LogP contribution < -0.4 is 0 Å². The van der Waals surface area contributed by atoms with Crippen molar-refractivity contribution in [1.29, 1.82) is 0 Å². The Balaban J connectivity index is 2.16. The number of methoxy groups -OCH3 is 1. The Morgan fingerprint density at radius 2 is 2.24 bits per heavy atom. The first-order valence-corrected chi connectivity index (χ1v) is 7.17. The monoisotopic (exact) mass is 287 g/mol. The van der Waals surface area contributed by atoms with Crippen molar-refractivity contribution in [3.05, 3.63) is 34.9 Å². The maximum atomic E-state index is 12.6. The van der Waals surface area contributed by atoms with E-state index >= 15 is 0 Å². The summed E-state index contributed by atoms with van der Waals surface area (Å²) < 4.78 is 5.09. The van der Waals surface area contributed by atoms with Gasteiger partial charge in [-0.05, 0) is 43.5 Å². The minimum atomic E-state index is -0.160. The van der Waals surface area contributed by atoms with Crippen molar-refractivity contribution in [2.24, 2.45) is 0 Å². The summed E-state index contributed by atoms with van der Waals surface area (Å²) in [6, 6.07) is 5.87. The van der Waals surface area contributed by atoms with Crippen LogP contribution in [0.5, 0.6) is 0 Å². The summed E-state index contributed by atoms with van der Waals surface area (Å²) in [7, 11) is 1.65. The average Bonchev–Trinajstić information content (AvgIpc) is 3.31. The molecule has 1 saturated carbocycles. The van der Waals surface area contributed by atoms with Gasteiger partial charge in [0.25, 0.3) is 5.91 Å². The largest absolute Gasteiger partial charge is 0.384 e. The van der Waals surface area contributed by atoms with E-state index in [9.17, 15) is 4.79 Å². The Labute approximate surface area is 125 Å². The van der Waals surface area contributed by atoms with Crippen LogP contribution in [0.15, 0.2) is 18.2 Å². The standard InChI is InChI=1S/C17H21NO3/c1-13-12-15(6-5-14(13)4-3-10-19)17(20)18(9-11-21-2)16-7-8-16/h5-6,12,16,19H,7-11H2,1-2H3. The van der Waals surface area contributed by atoms with E-state index in [1.54, 1.807) is 13.2 Å². The molecule has 0 radical (unpaired) electrons. The molecular formula is C17H21NO3. The lowest BCUT2D eigenvalue weighted by Crippen LogP contribution is -2.35. The van der Waals surface area contributed by atoms with E-state index in [4.69, 9.17) is 9.84 Å². The summed E-state index contributed by atoms with van der Waals surface area (Å²) in [6.45, 7) is 2.95. The lowest BCUT2D eigenvalue weighted by atomic mass is 10.0. The zero-order valence-electron chi connectivity index (χ0n) is 12.6. The zero-order chi connectivity index (χ0) is 15.2. The molecule has 1 amide bonds. The van der Waals surface area contributed by atoms with Crippen molar-refractivity contribution in [3.8, 4) is 11.8 Å². The molecule has 1 aliphatic rings. The summed E-state index contributed by atoms with van der Waals surface area (Å²) in [6.07, 6.45) is 2.16. The average molecular weight is 287 g/mol. The summed E-state index contributed by atoms with van der Waals surface area (Å²) in [5.41, 5.74) is 2.48. The molecular weight excluding hydrogens is 266 g/mol. The minimum absolute atomic E-state index is 0.0549. The van der Waals surface area contributed by atoms with Crippen LogP contribution in [-0.4, -0.2) is 48.8 Å². The lowest BCUT2D eigenvalue weighted by Gasteiger charge is -2.22. The van der Waals surface area contributed by atoms with Crippen LogP contribution >= 0.6 is 0 Å². The van der Waals surface area contributed by atoms with Crippen molar-refractivity contribution in [2.75, 3.05) is 26.9 Å². The van der Waals surface area contributed by atoms with Gasteiger partial charge in [0.1, 0.15) is 6.61 Å². The van der Waals surface area contributed by atoms with Gasteiger partial charge < -0.3 is 14.7 Å². The number of aliphatic hydroxyl groups excluding tert-OH is 1. The molecule has 0 spiro atoms. The van der Waals surface area contributed by atoms with E-state index in [1.165, 1.54) is 0 Å². The van der Waals surface area contributed by atoms with Crippen LogP contribution in [-0.2, 0) is 4.74 Å². The molecule has 0 unspecified atom stereocenters. The third-order valence-corrected chi connectivity index (χ3v) is 3.56. The Morgan fingerprint density at radius 1 is 1.48 bits per heavy atom. The van der Waals surface area contributed by atoms with Crippen LogP contribution in [0.4, 0.5) is 0 Å². The topological polar surface area (TPSA) is 49.8 Å². The SMILES string of the molecule is COCCN(C(=O)c1ccc(C#CCO)c(C)c1)C1CC1. The Kier molecular flexibility index (Phi) is 5.38. The molecule has 1 aromatic rings. The van der Waals surface area contributed by atoms with Gasteiger partial charge in [0, 0.05) is 30.8 Å². The maximum absolute atomic E-state index is 12.6. The number of amides is 1. The quantitative estimate of drug-likeness (QED) is 0.837. The number of carbonyl (C=O) groups excluding carboxylic acids is 1. The number of hydrogen-bond donors (Lipinski definition) is 1. The molecule has 4 heteroatoms. The van der Waals surface area contributed by atoms with Crippen LogP contribution in [0.3, 0.4) is 0 Å². The highest BCUT2D eigenvalue weighted by molar-refractivity contribution is 5.95. The molecule has 1 fully saturated rings. The van der Waals surface area contributed by atoms with E-state index in [2.05, 4.69) is 11.8 Å². The van der Waals surface area contributed by atoms with E-state index in [0.717, 1.165) is 24.0 Å². The van der Waals surface area contributed by atoms with Crippen molar-refractivity contribution in [1.82, 2.24) is 4.90 Å². The Bertz CT molecular complexity index is 567. The summed E-state index contributed by atoms with van der Waals surface area (Å²) in [5.74, 6) is 5.56. The van der Waals surface area contributed by atoms with Crippen molar-refractivity contribution in [2.45, 2.75) is 25.8 Å². The third kappa shape index (κ3) is 4.07. The molecule has 112 valence electrons. The molecule has 0 saturated heterocycles. The molecule has 1 aliphatic carbocycles. The second kappa shape index (κ2) is 7.26. The number of hydrogen-bond acceptors (Lipinski definition) is 3. The van der Waals surface area contributed by atoms with Crippen molar-refractivity contribution >= 4 is 5.91 Å². The van der Waals surface area contributed by atoms with Crippen LogP contribution in [0.25, 0.3) is 0 Å². The fourth-order valence-electron chi connectivity index (χ4n) is 2.26. The Morgan fingerprint density at radius 3 is 2.81 bits per heavy atom. The van der Waals surface area contributed by atoms with E-state index < -0.39 is 0 Å². The van der Waals surface area contributed by atoms with Gasteiger partial charge in [0.15, 0.2) is 0 Å². The molecule has 0 bridgehead atoms. The number of ether oxygens (including phenoxy) is 1. The van der Waals surface area contributed by atoms with E-state index in [1.807, 2.05) is 24.0 Å². The number of aryl methyl sites for hydroxylation is 1. The van der Waals surface area contributed by atoms with Crippen molar-refractivity contribution in [3.63, 3.8) is 0 Å². The summed E-state index contributed by atoms with van der Waals surface area (Å²) in [4.78, 5) is 14.5. The van der Waals surface area contributed by atoms with Gasteiger partial charge in [-0.15, -0.1) is 0 Å². The number of rotatable bonds is 5. The summed E-state index contributed by atoms with van der Waals surface area (Å²) >= 11 is 0. The molecule has 1 N–H and O–H groups in total. The highest BCUT2D eigenvalue weighted by atomic mass is 16.5. The fourth-order valence-corrected chi connectivity index (χ4v) is 2.26. The van der Waals surface area contributed by atoms with Gasteiger partial charge in [0.05, 0.1) is 6.61 Å². The van der Waals surface area contributed by atoms with Crippen LogP contribution in [0.1, 0.15) is 34.3 Å². The normalized spacial score (nSPS) is 13.5. The number of nitrogens with zero attached hydrogens (tertiary/aromatic N) is 1. The first kappa shape index (κ1) is 15.6. The number of carbonyl (C=O) groups is 1. The van der Waals surface area contributed by atoms with Gasteiger partial charge in [0.2, 0.25) is 0 Å². The first-order chi connectivity index (χ1) is 10.2. The molecule has 0 atom stereocenters. The predicted molar refractivity (Wildman–Crippen MR) is 81.1 cm³/mol. The summed E-state index contributed by atoms with van der Waals surface area (Å²) in [5, 5.41) is 8.74. The van der Waals surface area contributed by atoms with Gasteiger partial charge in [-0.3, -0.25) is 4.79 Å². The molecule has 21 heavy (non-hydrogen) atoms. The highest BCUT2D eigenvalue weighted by Gasteiger charge is 2.32. The van der Waals surface area contributed by atoms with Crippen LogP contribution in [0, 0.1) is 18.8 Å². The third-order valence-electron chi connectivity index (χ3n) is 3.56. The zero-order valence-corrected chi connectivity index (χ0v) is 12.6. The molecule has 2 rings (SSSR count). The first-order valence-electron chi connectivity index (χ1n) is 7.17. The minimum Gasteiger partial charge on any atom is -0.384 e. The van der Waals surface area contributed by atoms with Gasteiger partial charge in [-0.1, -0.05) is 11.8 Å². The smallest absolute Gasteiger partial charge is 0.254 e. The van der Waals surface area contributed by atoms with E-state index in [0.29, 0.717) is 24.8 Å². The molecule has 4 nitrogen and oxygen atoms in total. The molecule has 0 heterocycles. The highest BCUT2D eigenvalue weighted by Crippen LogP contribution is 2.28.